The van der Waals surface area contributed by atoms with E-state index < -0.39 is 0 Å². The first-order valence-electron chi connectivity index (χ1n) is 7.11. The van der Waals surface area contributed by atoms with Gasteiger partial charge in [0.2, 0.25) is 5.91 Å². The second kappa shape index (κ2) is 9.03. The molecule has 0 aromatic heterocycles. The number of nitrogens with two attached hydrogens (primary N) is 1. The van der Waals surface area contributed by atoms with Gasteiger partial charge in [-0.05, 0) is 37.3 Å². The van der Waals surface area contributed by atoms with E-state index in [1.807, 2.05) is 54.0 Å². The van der Waals surface area contributed by atoms with Crippen molar-refractivity contribution in [3.63, 3.8) is 0 Å². The smallest absolute Gasteiger partial charge is 0.222 e. The number of hydrogen-bond acceptors (Lipinski definition) is 3. The van der Waals surface area contributed by atoms with E-state index >= 15 is 0 Å². The van der Waals surface area contributed by atoms with Crippen molar-refractivity contribution in [2.45, 2.75) is 38.3 Å². The molecule has 1 aromatic carbocycles. The third-order valence-corrected chi connectivity index (χ3v) is 4.34. The summed E-state index contributed by atoms with van der Waals surface area (Å²) < 4.78 is 0. The highest BCUT2D eigenvalue weighted by molar-refractivity contribution is 7.98. The molecule has 0 saturated heterocycles. The number of amides is 1. The summed E-state index contributed by atoms with van der Waals surface area (Å²) in [5.41, 5.74) is 7.22. The molecule has 0 aliphatic rings. The lowest BCUT2D eigenvalue weighted by Gasteiger charge is -2.25. The van der Waals surface area contributed by atoms with Crippen molar-refractivity contribution < 1.29 is 4.79 Å². The van der Waals surface area contributed by atoms with Gasteiger partial charge in [0.1, 0.15) is 0 Å². The average Bonchev–Trinajstić information content (AvgIpc) is 2.49. The summed E-state index contributed by atoms with van der Waals surface area (Å²) in [7, 11) is 1.89. The number of nitrogens with zero attached hydrogens (tertiary/aromatic N) is 1. The van der Waals surface area contributed by atoms with Crippen LogP contribution in [0.3, 0.4) is 0 Å². The maximum absolute atomic E-state index is 12.1. The van der Waals surface area contributed by atoms with E-state index in [2.05, 4.69) is 13.2 Å². The Morgan fingerprint density at radius 1 is 1.30 bits per heavy atom. The van der Waals surface area contributed by atoms with Crippen LogP contribution in [0.25, 0.3) is 0 Å². The van der Waals surface area contributed by atoms with Crippen LogP contribution in [0.4, 0.5) is 0 Å². The van der Waals surface area contributed by atoms with Gasteiger partial charge in [0.25, 0.3) is 0 Å². The molecule has 1 aromatic rings. The molecule has 2 unspecified atom stereocenters. The van der Waals surface area contributed by atoms with Gasteiger partial charge in [-0.2, -0.15) is 11.8 Å². The van der Waals surface area contributed by atoms with E-state index in [0.717, 1.165) is 17.7 Å². The SMILES string of the molecule is CSCCC(C)N(C)C(=O)CCC(N)c1ccccc1. The molecule has 2 atom stereocenters. The first-order chi connectivity index (χ1) is 9.56. The summed E-state index contributed by atoms with van der Waals surface area (Å²) in [5, 5.41) is 0. The van der Waals surface area contributed by atoms with Crippen molar-refractivity contribution in [1.29, 1.82) is 0 Å². The molecule has 112 valence electrons. The Morgan fingerprint density at radius 2 is 1.95 bits per heavy atom. The van der Waals surface area contributed by atoms with E-state index in [1.165, 1.54) is 0 Å². The second-order valence-electron chi connectivity index (χ2n) is 5.19. The Hall–Kier alpha value is -1.00. The quantitative estimate of drug-likeness (QED) is 0.801. The van der Waals surface area contributed by atoms with Crippen molar-refractivity contribution in [3.8, 4) is 0 Å². The summed E-state index contributed by atoms with van der Waals surface area (Å²) >= 11 is 1.82. The normalized spacial score (nSPS) is 13.8. The van der Waals surface area contributed by atoms with Crippen molar-refractivity contribution in [1.82, 2.24) is 4.90 Å². The topological polar surface area (TPSA) is 46.3 Å². The van der Waals surface area contributed by atoms with Crippen LogP contribution in [-0.2, 0) is 4.79 Å². The minimum atomic E-state index is -0.0601. The number of carbonyl (C=O) groups excluding carboxylic acids is 1. The second-order valence-corrected chi connectivity index (χ2v) is 6.18. The van der Waals surface area contributed by atoms with E-state index in [9.17, 15) is 4.79 Å². The highest BCUT2D eigenvalue weighted by atomic mass is 32.2. The molecule has 0 saturated carbocycles. The summed E-state index contributed by atoms with van der Waals surface area (Å²) in [6.07, 6.45) is 4.33. The summed E-state index contributed by atoms with van der Waals surface area (Å²) in [6, 6.07) is 10.2. The van der Waals surface area contributed by atoms with Crippen LogP contribution in [0.15, 0.2) is 30.3 Å². The van der Waals surface area contributed by atoms with Gasteiger partial charge in [0.05, 0.1) is 0 Å². The van der Waals surface area contributed by atoms with Crippen LogP contribution in [0, 0.1) is 0 Å². The van der Waals surface area contributed by atoms with Gasteiger partial charge in [0, 0.05) is 25.6 Å². The third-order valence-electron chi connectivity index (χ3n) is 3.69. The zero-order valence-electron chi connectivity index (χ0n) is 12.7. The Morgan fingerprint density at radius 3 is 2.55 bits per heavy atom. The molecular weight excluding hydrogens is 268 g/mol. The third kappa shape index (κ3) is 5.55. The van der Waals surface area contributed by atoms with Crippen LogP contribution in [0.2, 0.25) is 0 Å². The molecule has 3 nitrogen and oxygen atoms in total. The monoisotopic (exact) mass is 294 g/mol. The van der Waals surface area contributed by atoms with E-state index in [-0.39, 0.29) is 11.9 Å². The standard InChI is InChI=1S/C16H26N2OS/c1-13(11-12-20-3)18(2)16(19)10-9-15(17)14-7-5-4-6-8-14/h4-8,13,15H,9-12,17H2,1-3H3. The molecule has 0 radical (unpaired) electrons. The van der Waals surface area contributed by atoms with Crippen LogP contribution in [0.1, 0.15) is 37.8 Å². The molecule has 0 heterocycles. The van der Waals surface area contributed by atoms with Gasteiger partial charge < -0.3 is 10.6 Å². The summed E-state index contributed by atoms with van der Waals surface area (Å²) in [5.74, 6) is 1.27. The summed E-state index contributed by atoms with van der Waals surface area (Å²) in [6.45, 7) is 2.10. The van der Waals surface area contributed by atoms with Gasteiger partial charge in [0.15, 0.2) is 0 Å². The van der Waals surface area contributed by atoms with Gasteiger partial charge in [-0.3, -0.25) is 4.79 Å². The van der Waals surface area contributed by atoms with Gasteiger partial charge in [-0.25, -0.2) is 0 Å². The Labute approximate surface area is 126 Å². The fraction of sp³-hybridized carbons (Fsp3) is 0.562. The number of hydrogen-bond donors (Lipinski definition) is 1. The summed E-state index contributed by atoms with van der Waals surface area (Å²) in [4.78, 5) is 14.0. The van der Waals surface area contributed by atoms with Gasteiger partial charge in [-0.1, -0.05) is 30.3 Å². The predicted molar refractivity (Wildman–Crippen MR) is 87.8 cm³/mol. The largest absolute Gasteiger partial charge is 0.343 e. The maximum atomic E-state index is 12.1. The van der Waals surface area contributed by atoms with Gasteiger partial charge in [-0.15, -0.1) is 0 Å². The van der Waals surface area contributed by atoms with E-state index in [4.69, 9.17) is 5.73 Å². The average molecular weight is 294 g/mol. The van der Waals surface area contributed by atoms with Crippen LogP contribution in [-0.4, -0.2) is 35.9 Å². The Kier molecular flexibility index (Phi) is 7.70. The van der Waals surface area contributed by atoms with E-state index in [0.29, 0.717) is 18.9 Å². The lowest BCUT2D eigenvalue weighted by molar-refractivity contribution is -0.131. The number of benzene rings is 1. The molecule has 1 amide bonds. The van der Waals surface area contributed by atoms with Gasteiger partial charge >= 0.3 is 0 Å². The van der Waals surface area contributed by atoms with Crippen molar-refractivity contribution in [2.75, 3.05) is 19.1 Å². The highest BCUT2D eigenvalue weighted by Gasteiger charge is 2.16. The number of carbonyl (C=O) groups is 1. The first kappa shape index (κ1) is 17.1. The first-order valence-corrected chi connectivity index (χ1v) is 8.50. The minimum absolute atomic E-state index is 0.0601. The predicted octanol–water partition coefficient (Wildman–Crippen LogP) is 3.07. The Bertz CT molecular complexity index is 397. The minimum Gasteiger partial charge on any atom is -0.343 e. The molecule has 0 fully saturated rings. The molecule has 0 spiro atoms. The van der Waals surface area contributed by atoms with Crippen molar-refractivity contribution in [3.05, 3.63) is 35.9 Å². The fourth-order valence-electron chi connectivity index (χ4n) is 2.05. The molecule has 0 bridgehead atoms. The van der Waals surface area contributed by atoms with Crippen molar-refractivity contribution in [2.24, 2.45) is 5.73 Å². The highest BCUT2D eigenvalue weighted by Crippen LogP contribution is 2.16. The van der Waals surface area contributed by atoms with Crippen LogP contribution < -0.4 is 5.73 Å². The number of thioether (sulfide) groups is 1. The molecule has 0 aliphatic heterocycles. The molecule has 20 heavy (non-hydrogen) atoms. The molecular formula is C16H26N2OS. The van der Waals surface area contributed by atoms with Crippen LogP contribution in [0.5, 0.6) is 0 Å². The lowest BCUT2D eigenvalue weighted by atomic mass is 10.0. The zero-order valence-corrected chi connectivity index (χ0v) is 13.5. The molecule has 0 aliphatic carbocycles. The molecule has 1 rings (SSSR count). The number of rotatable bonds is 8. The lowest BCUT2D eigenvalue weighted by Crippen LogP contribution is -2.35. The van der Waals surface area contributed by atoms with Crippen molar-refractivity contribution >= 4 is 17.7 Å². The van der Waals surface area contributed by atoms with E-state index in [1.54, 1.807) is 0 Å². The maximum Gasteiger partial charge on any atom is 0.222 e. The molecule has 2 N–H and O–H groups in total. The molecule has 4 heteroatoms. The Balaban J connectivity index is 2.39. The van der Waals surface area contributed by atoms with Crippen LogP contribution >= 0.6 is 11.8 Å². The zero-order chi connectivity index (χ0) is 15.0. The fourth-order valence-corrected chi connectivity index (χ4v) is 2.63.